The van der Waals surface area contributed by atoms with Gasteiger partial charge in [-0.1, -0.05) is 0 Å². The summed E-state index contributed by atoms with van der Waals surface area (Å²) in [7, 11) is 0. The zero-order chi connectivity index (χ0) is 16.8. The van der Waals surface area contributed by atoms with Gasteiger partial charge in [-0.25, -0.2) is 4.98 Å². The molecule has 2 heterocycles. The van der Waals surface area contributed by atoms with Crippen molar-refractivity contribution in [1.29, 1.82) is 0 Å². The molecular weight excluding hydrogens is 326 g/mol. The van der Waals surface area contributed by atoms with Gasteiger partial charge >= 0.3 is 5.97 Å². The van der Waals surface area contributed by atoms with Crippen molar-refractivity contribution in [1.82, 2.24) is 9.88 Å². The van der Waals surface area contributed by atoms with E-state index in [9.17, 15) is 18.4 Å². The van der Waals surface area contributed by atoms with Crippen molar-refractivity contribution in [2.75, 3.05) is 19.7 Å². The van der Waals surface area contributed by atoms with E-state index in [1.54, 1.807) is 6.92 Å². The first-order valence-corrected chi connectivity index (χ1v) is 8.26. The second kappa shape index (κ2) is 8.24. The minimum atomic E-state index is -2.65. The lowest BCUT2D eigenvalue weighted by molar-refractivity contribution is -0.149. The molecule has 1 fully saturated rings. The van der Waals surface area contributed by atoms with E-state index in [0.717, 1.165) is 0 Å². The molecule has 1 aliphatic rings. The second-order valence-electron chi connectivity index (χ2n) is 5.08. The molecule has 1 aliphatic heterocycles. The number of amides is 1. The van der Waals surface area contributed by atoms with Gasteiger partial charge in [0.1, 0.15) is 5.03 Å². The summed E-state index contributed by atoms with van der Waals surface area (Å²) in [5.74, 6) is -3.71. The van der Waals surface area contributed by atoms with E-state index in [2.05, 4.69) is 4.98 Å². The first kappa shape index (κ1) is 17.7. The summed E-state index contributed by atoms with van der Waals surface area (Å²) < 4.78 is 30.2. The fourth-order valence-electron chi connectivity index (χ4n) is 2.52. The molecule has 23 heavy (non-hydrogen) atoms. The number of esters is 1. The maximum Gasteiger partial charge on any atom is 0.310 e. The van der Waals surface area contributed by atoms with Gasteiger partial charge < -0.3 is 9.64 Å². The number of likely N-dealkylation sites (tertiary alicyclic amines) is 1. The Kier molecular flexibility index (Phi) is 6.32. The summed E-state index contributed by atoms with van der Waals surface area (Å²) in [6.07, 6.45) is 2.71. The number of halogens is 2. The molecule has 126 valence electrons. The summed E-state index contributed by atoms with van der Waals surface area (Å²) in [5, 5.41) is 0.00533. The zero-order valence-corrected chi connectivity index (χ0v) is 13.5. The number of pyridine rings is 1. The molecule has 0 aliphatic carbocycles. The quantitative estimate of drug-likeness (QED) is 0.607. The average molecular weight is 344 g/mol. The highest BCUT2D eigenvalue weighted by molar-refractivity contribution is 7.99. The molecule has 0 saturated carbocycles. The van der Waals surface area contributed by atoms with Crippen molar-refractivity contribution in [2.24, 2.45) is 5.92 Å². The lowest BCUT2D eigenvalue weighted by Crippen LogP contribution is -2.43. The van der Waals surface area contributed by atoms with E-state index in [-0.39, 0.29) is 46.7 Å². The number of hydrogen-bond donors (Lipinski definition) is 0. The zero-order valence-electron chi connectivity index (χ0n) is 12.7. The lowest BCUT2D eigenvalue weighted by Gasteiger charge is -2.31. The van der Waals surface area contributed by atoms with Crippen molar-refractivity contribution in [3.8, 4) is 0 Å². The Hall–Kier alpha value is -1.70. The Bertz CT molecular complexity index is 571. The molecule has 0 N–H and O–H groups in total. The van der Waals surface area contributed by atoms with Gasteiger partial charge in [0.15, 0.2) is 0 Å². The molecule has 0 unspecified atom stereocenters. The van der Waals surface area contributed by atoms with Gasteiger partial charge in [0.05, 0.1) is 18.1 Å². The monoisotopic (exact) mass is 344 g/mol. The molecule has 1 atom stereocenters. The summed E-state index contributed by atoms with van der Waals surface area (Å²) in [6.45, 7) is 2.75. The van der Waals surface area contributed by atoms with Crippen LogP contribution in [0.3, 0.4) is 0 Å². The standard InChI is InChI=1S/C15H18F2N2O3S/c1-2-22-14(21)10-5-4-8-19(9-10)13(20)11-6-3-7-18-12(11)23-15(16)17/h3,6-7,10,15H,2,4-5,8-9H2,1H3/t10-/m0/s1. The van der Waals surface area contributed by atoms with Crippen molar-refractivity contribution in [3.05, 3.63) is 23.9 Å². The van der Waals surface area contributed by atoms with Crippen LogP contribution < -0.4 is 0 Å². The summed E-state index contributed by atoms with van der Waals surface area (Å²) in [6, 6.07) is 3.02. The molecule has 0 aromatic carbocycles. The number of nitrogens with zero attached hydrogens (tertiary/aromatic N) is 2. The van der Waals surface area contributed by atoms with Crippen LogP contribution in [0.2, 0.25) is 0 Å². The average Bonchev–Trinajstić information content (AvgIpc) is 2.54. The molecule has 2 rings (SSSR count). The second-order valence-corrected chi connectivity index (χ2v) is 6.06. The lowest BCUT2D eigenvalue weighted by atomic mass is 9.97. The van der Waals surface area contributed by atoms with E-state index in [1.165, 1.54) is 23.2 Å². The first-order chi connectivity index (χ1) is 11.0. The molecule has 1 saturated heterocycles. The Morgan fingerprint density at radius 2 is 2.30 bits per heavy atom. The van der Waals surface area contributed by atoms with Gasteiger partial charge in [0, 0.05) is 19.3 Å². The van der Waals surface area contributed by atoms with E-state index >= 15 is 0 Å². The molecule has 1 amide bonds. The van der Waals surface area contributed by atoms with Gasteiger partial charge in [-0.3, -0.25) is 9.59 Å². The van der Waals surface area contributed by atoms with Gasteiger partial charge in [0.2, 0.25) is 0 Å². The highest BCUT2D eigenvalue weighted by atomic mass is 32.2. The number of carbonyl (C=O) groups excluding carboxylic acids is 2. The molecule has 0 radical (unpaired) electrons. The number of hydrogen-bond acceptors (Lipinski definition) is 5. The van der Waals surface area contributed by atoms with Crippen molar-refractivity contribution in [2.45, 2.75) is 30.5 Å². The number of ether oxygens (including phenoxy) is 1. The normalized spacial score (nSPS) is 18.1. The summed E-state index contributed by atoms with van der Waals surface area (Å²) in [5.41, 5.74) is 0.141. The van der Waals surface area contributed by atoms with Crippen LogP contribution in [0.4, 0.5) is 8.78 Å². The van der Waals surface area contributed by atoms with Crippen molar-refractivity contribution >= 4 is 23.6 Å². The van der Waals surface area contributed by atoms with Crippen LogP contribution in [-0.4, -0.2) is 47.2 Å². The van der Waals surface area contributed by atoms with E-state index in [0.29, 0.717) is 26.0 Å². The highest BCUT2D eigenvalue weighted by Gasteiger charge is 2.31. The minimum Gasteiger partial charge on any atom is -0.466 e. The number of rotatable bonds is 5. The van der Waals surface area contributed by atoms with Gasteiger partial charge in [-0.2, -0.15) is 8.78 Å². The van der Waals surface area contributed by atoms with Crippen LogP contribution in [0.15, 0.2) is 23.4 Å². The minimum absolute atomic E-state index is 0.00533. The van der Waals surface area contributed by atoms with Gasteiger partial charge in [-0.15, -0.1) is 0 Å². The molecule has 1 aromatic heterocycles. The van der Waals surface area contributed by atoms with Crippen molar-refractivity contribution in [3.63, 3.8) is 0 Å². The number of aromatic nitrogens is 1. The number of alkyl halides is 2. The van der Waals surface area contributed by atoms with Crippen LogP contribution in [0.25, 0.3) is 0 Å². The van der Waals surface area contributed by atoms with E-state index in [1.807, 2.05) is 0 Å². The predicted octanol–water partition coefficient (Wildman–Crippen LogP) is 2.81. The Morgan fingerprint density at radius 1 is 1.52 bits per heavy atom. The molecular formula is C15H18F2N2O3S. The maximum atomic E-state index is 12.6. The fourth-order valence-corrected chi connectivity index (χ4v) is 3.09. The SMILES string of the molecule is CCOC(=O)[C@H]1CCCN(C(=O)c2cccnc2SC(F)F)C1. The topological polar surface area (TPSA) is 59.5 Å². The molecule has 0 spiro atoms. The molecule has 8 heteroatoms. The molecule has 0 bridgehead atoms. The van der Waals surface area contributed by atoms with Crippen LogP contribution in [0.5, 0.6) is 0 Å². The van der Waals surface area contributed by atoms with Crippen LogP contribution in [0.1, 0.15) is 30.1 Å². The van der Waals surface area contributed by atoms with Crippen molar-refractivity contribution < 1.29 is 23.1 Å². The van der Waals surface area contributed by atoms with E-state index in [4.69, 9.17) is 4.74 Å². The Balaban J connectivity index is 2.12. The summed E-state index contributed by atoms with van der Waals surface area (Å²) >= 11 is 0.249. The van der Waals surface area contributed by atoms with Gasteiger partial charge in [0.25, 0.3) is 11.7 Å². The third-order valence-corrected chi connectivity index (χ3v) is 4.26. The molecule has 1 aromatic rings. The first-order valence-electron chi connectivity index (χ1n) is 7.38. The number of carbonyl (C=O) groups is 2. The van der Waals surface area contributed by atoms with Crippen LogP contribution in [-0.2, 0) is 9.53 Å². The van der Waals surface area contributed by atoms with Crippen LogP contribution in [0, 0.1) is 5.92 Å². The highest BCUT2D eigenvalue weighted by Crippen LogP contribution is 2.28. The maximum absolute atomic E-state index is 12.6. The molecule has 5 nitrogen and oxygen atoms in total. The largest absolute Gasteiger partial charge is 0.466 e. The third kappa shape index (κ3) is 4.63. The summed E-state index contributed by atoms with van der Waals surface area (Å²) in [4.78, 5) is 29.8. The van der Waals surface area contributed by atoms with Gasteiger partial charge in [-0.05, 0) is 43.7 Å². The predicted molar refractivity (Wildman–Crippen MR) is 81.4 cm³/mol. The number of piperidine rings is 1. The smallest absolute Gasteiger partial charge is 0.310 e. The number of thioether (sulfide) groups is 1. The van der Waals surface area contributed by atoms with E-state index < -0.39 is 5.76 Å². The fraction of sp³-hybridized carbons (Fsp3) is 0.533. The Labute approximate surface area is 137 Å². The Morgan fingerprint density at radius 3 is 3.00 bits per heavy atom. The van der Waals surface area contributed by atoms with Crippen LogP contribution >= 0.6 is 11.8 Å². The third-order valence-electron chi connectivity index (χ3n) is 3.53.